The molecule has 0 saturated heterocycles. The van der Waals surface area contributed by atoms with Crippen LogP contribution in [0.3, 0.4) is 0 Å². The van der Waals surface area contributed by atoms with Gasteiger partial charge in [-0.1, -0.05) is 30.3 Å². The summed E-state index contributed by atoms with van der Waals surface area (Å²) in [5, 5.41) is 2.48. The van der Waals surface area contributed by atoms with Gasteiger partial charge in [-0.3, -0.25) is 9.36 Å². The Balaban J connectivity index is 1.92. The Labute approximate surface area is 144 Å². The number of benzene rings is 2. The van der Waals surface area contributed by atoms with Crippen LogP contribution in [0.5, 0.6) is 5.75 Å². The first-order valence-electron chi connectivity index (χ1n) is 7.47. The Morgan fingerprint density at radius 3 is 2.52 bits per heavy atom. The number of hydrogen-bond donors (Lipinski definition) is 1. The molecule has 0 aliphatic carbocycles. The first-order valence-corrected chi connectivity index (χ1v) is 9.54. The van der Waals surface area contributed by atoms with Gasteiger partial charge in [-0.15, -0.1) is 0 Å². The molecule has 0 bridgehead atoms. The summed E-state index contributed by atoms with van der Waals surface area (Å²) in [4.78, 5) is 12.0. The topological polar surface area (TPSA) is 64.6 Å². The normalized spacial score (nSPS) is 14.4. The van der Waals surface area contributed by atoms with Gasteiger partial charge in [-0.25, -0.2) is 13.9 Å². The zero-order valence-corrected chi connectivity index (χ0v) is 14.6. The van der Waals surface area contributed by atoms with Crippen LogP contribution in [-0.2, 0) is 20.7 Å². The molecule has 0 heterocycles. The molecule has 0 saturated carbocycles. The van der Waals surface area contributed by atoms with Crippen molar-refractivity contribution in [1.29, 1.82) is 0 Å². The van der Waals surface area contributed by atoms with E-state index in [0.29, 0.717) is 6.07 Å². The van der Waals surface area contributed by atoms with Crippen LogP contribution in [0, 0.1) is 11.6 Å². The minimum Gasteiger partial charge on any atom is -0.460 e. The third-order valence-electron chi connectivity index (χ3n) is 3.17. The number of carbonyl (C=O) groups excluding carboxylic acids is 1. The molecule has 0 radical (unpaired) electrons. The number of halogens is 2. The average molecular weight is 369 g/mol. The summed E-state index contributed by atoms with van der Waals surface area (Å²) in [5.41, 5.74) is 0.812. The summed E-state index contributed by atoms with van der Waals surface area (Å²) in [6.45, 7) is 2.72. The zero-order chi connectivity index (χ0) is 18.4. The van der Waals surface area contributed by atoms with E-state index in [-0.39, 0.29) is 12.4 Å². The molecular formula is C17H18F2NO4P. The van der Waals surface area contributed by atoms with Crippen molar-refractivity contribution in [2.45, 2.75) is 19.6 Å². The van der Waals surface area contributed by atoms with Crippen LogP contribution >= 0.6 is 7.52 Å². The van der Waals surface area contributed by atoms with Gasteiger partial charge in [0.1, 0.15) is 18.5 Å². The maximum atomic E-state index is 13.6. The Kier molecular flexibility index (Phi) is 6.28. The van der Waals surface area contributed by atoms with Crippen molar-refractivity contribution in [2.75, 3.05) is 6.66 Å². The van der Waals surface area contributed by atoms with Crippen molar-refractivity contribution in [3.05, 3.63) is 65.7 Å². The Hall–Kier alpha value is -2.24. The fourth-order valence-corrected chi connectivity index (χ4v) is 3.41. The Morgan fingerprint density at radius 1 is 1.20 bits per heavy atom. The van der Waals surface area contributed by atoms with Gasteiger partial charge in [-0.2, -0.15) is 0 Å². The average Bonchev–Trinajstić information content (AvgIpc) is 2.55. The van der Waals surface area contributed by atoms with Crippen LogP contribution < -0.4 is 9.61 Å². The Morgan fingerprint density at radius 2 is 1.88 bits per heavy atom. The van der Waals surface area contributed by atoms with E-state index in [4.69, 9.17) is 9.26 Å². The summed E-state index contributed by atoms with van der Waals surface area (Å²) < 4.78 is 49.1. The fourth-order valence-electron chi connectivity index (χ4n) is 2.02. The van der Waals surface area contributed by atoms with Gasteiger partial charge >= 0.3 is 13.5 Å². The first-order chi connectivity index (χ1) is 11.8. The van der Waals surface area contributed by atoms with Crippen LogP contribution in [0.1, 0.15) is 12.5 Å². The monoisotopic (exact) mass is 369 g/mol. The van der Waals surface area contributed by atoms with Crippen LogP contribution in [0.4, 0.5) is 8.78 Å². The molecule has 2 atom stereocenters. The number of carbonyl (C=O) groups is 1. The molecule has 0 amide bonds. The van der Waals surface area contributed by atoms with Gasteiger partial charge in [-0.05, 0) is 24.6 Å². The van der Waals surface area contributed by atoms with Crippen LogP contribution in [0.2, 0.25) is 0 Å². The lowest BCUT2D eigenvalue weighted by Crippen LogP contribution is -2.34. The van der Waals surface area contributed by atoms with E-state index in [1.165, 1.54) is 13.6 Å². The van der Waals surface area contributed by atoms with Gasteiger partial charge in [0.05, 0.1) is 0 Å². The lowest BCUT2D eigenvalue weighted by atomic mass is 10.2. The highest BCUT2D eigenvalue weighted by molar-refractivity contribution is 7.56. The second-order valence-electron chi connectivity index (χ2n) is 5.46. The summed E-state index contributed by atoms with van der Waals surface area (Å²) in [6.07, 6.45) is 0. The van der Waals surface area contributed by atoms with Gasteiger partial charge < -0.3 is 9.26 Å². The lowest BCUT2D eigenvalue weighted by molar-refractivity contribution is -0.146. The second kappa shape index (κ2) is 8.23. The molecule has 0 fully saturated rings. The maximum Gasteiger partial charge on any atom is 0.323 e. The molecule has 5 nitrogen and oxygen atoms in total. The highest BCUT2D eigenvalue weighted by Crippen LogP contribution is 2.40. The van der Waals surface area contributed by atoms with Gasteiger partial charge in [0.25, 0.3) is 0 Å². The van der Waals surface area contributed by atoms with Crippen molar-refractivity contribution < 1.29 is 27.4 Å². The number of rotatable bonds is 7. The fraction of sp³-hybridized carbons (Fsp3) is 0.235. The van der Waals surface area contributed by atoms with Crippen LogP contribution in [0.15, 0.2) is 48.5 Å². The van der Waals surface area contributed by atoms with Gasteiger partial charge in [0.2, 0.25) is 0 Å². The van der Waals surface area contributed by atoms with Crippen molar-refractivity contribution in [3.8, 4) is 5.75 Å². The number of ether oxygens (including phenoxy) is 1. The number of hydrogen-bond acceptors (Lipinski definition) is 4. The van der Waals surface area contributed by atoms with Crippen molar-refractivity contribution >= 4 is 13.5 Å². The van der Waals surface area contributed by atoms with E-state index >= 15 is 0 Å². The quantitative estimate of drug-likeness (QED) is 0.593. The predicted octanol–water partition coefficient (Wildman–Crippen LogP) is 3.89. The molecular weight excluding hydrogens is 351 g/mol. The summed E-state index contributed by atoms with van der Waals surface area (Å²) >= 11 is 0. The Bertz CT molecular complexity index is 785. The minimum absolute atomic E-state index is 0.0765. The summed E-state index contributed by atoms with van der Waals surface area (Å²) in [7, 11) is -3.58. The van der Waals surface area contributed by atoms with Crippen molar-refractivity contribution in [3.63, 3.8) is 0 Å². The third kappa shape index (κ3) is 5.96. The molecule has 0 aliphatic rings. The smallest absolute Gasteiger partial charge is 0.323 e. The van der Waals surface area contributed by atoms with E-state index < -0.39 is 31.2 Å². The standard InChI is InChI=1S/C17H18F2NO4P/c1-12(17(21)23-11-13-6-4-3-5-7-13)20-25(2,22)24-16-9-8-14(18)10-15(16)19/h3-10,12H,11H2,1-2H3,(H,20,22)/t12-,25?/m0/s1. The van der Waals surface area contributed by atoms with E-state index in [1.807, 2.05) is 18.2 Å². The van der Waals surface area contributed by atoms with Crippen LogP contribution in [-0.4, -0.2) is 18.7 Å². The molecule has 0 aromatic heterocycles. The van der Waals surface area contributed by atoms with E-state index in [1.54, 1.807) is 12.1 Å². The molecule has 8 heteroatoms. The molecule has 134 valence electrons. The zero-order valence-electron chi connectivity index (χ0n) is 13.7. The molecule has 2 aromatic rings. The summed E-state index contributed by atoms with van der Waals surface area (Å²) in [5.74, 6) is -2.76. The highest BCUT2D eigenvalue weighted by Gasteiger charge is 2.26. The molecule has 2 aromatic carbocycles. The maximum absolute atomic E-state index is 13.6. The second-order valence-corrected chi connectivity index (χ2v) is 7.59. The molecule has 1 N–H and O–H groups in total. The molecule has 0 spiro atoms. The summed E-state index contributed by atoms with van der Waals surface area (Å²) in [6, 6.07) is 10.8. The van der Waals surface area contributed by atoms with Crippen molar-refractivity contribution in [1.82, 2.24) is 5.09 Å². The van der Waals surface area contributed by atoms with Gasteiger partial charge in [0, 0.05) is 12.7 Å². The SMILES string of the molecule is C[C@H](NP(C)(=O)Oc1ccc(F)cc1F)C(=O)OCc1ccccc1. The largest absolute Gasteiger partial charge is 0.460 e. The third-order valence-corrected chi connectivity index (χ3v) is 4.57. The minimum atomic E-state index is -3.58. The number of esters is 1. The number of nitrogens with one attached hydrogen (secondary N) is 1. The molecule has 1 unspecified atom stereocenters. The predicted molar refractivity (Wildman–Crippen MR) is 89.4 cm³/mol. The highest BCUT2D eigenvalue weighted by atomic mass is 31.2. The molecule has 2 rings (SSSR count). The van der Waals surface area contributed by atoms with E-state index in [9.17, 15) is 18.1 Å². The first kappa shape index (κ1) is 19.1. The molecule has 25 heavy (non-hydrogen) atoms. The van der Waals surface area contributed by atoms with E-state index in [0.717, 1.165) is 17.7 Å². The van der Waals surface area contributed by atoms with Crippen molar-refractivity contribution in [2.24, 2.45) is 0 Å². The van der Waals surface area contributed by atoms with Gasteiger partial charge in [0.15, 0.2) is 11.6 Å². The van der Waals surface area contributed by atoms with E-state index in [2.05, 4.69) is 5.09 Å². The lowest BCUT2D eigenvalue weighted by Gasteiger charge is -2.20. The van der Waals surface area contributed by atoms with Crippen LogP contribution in [0.25, 0.3) is 0 Å². The molecule has 0 aliphatic heterocycles.